The largest absolute Gasteiger partial charge is 0.310 e. The molecule has 0 aliphatic heterocycles. The molecule has 4 nitrogen and oxygen atoms in total. The molecule has 0 aliphatic rings. The van der Waals surface area contributed by atoms with Gasteiger partial charge in [-0.3, -0.25) is 0 Å². The van der Waals surface area contributed by atoms with Crippen LogP contribution in [0, 0.1) is 0 Å². The predicted molar refractivity (Wildman–Crippen MR) is 336 cm³/mol. The molecule has 0 N–H and O–H groups in total. The number of thiophene rings is 1. The Hall–Kier alpha value is -10.2. The molecule has 0 saturated carbocycles. The smallest absolute Gasteiger partial charge is 0.0640 e. The zero-order valence-electron chi connectivity index (χ0n) is 43.1. The van der Waals surface area contributed by atoms with Crippen molar-refractivity contribution in [1.29, 1.82) is 0 Å². The molecule has 0 bridgehead atoms. The molecule has 0 amide bonds. The van der Waals surface area contributed by atoms with E-state index in [1.54, 1.807) is 11.3 Å². The first-order valence-electron chi connectivity index (χ1n) is 26.9. The van der Waals surface area contributed by atoms with Gasteiger partial charge >= 0.3 is 0 Å². The van der Waals surface area contributed by atoms with Crippen LogP contribution in [0.5, 0.6) is 0 Å². The van der Waals surface area contributed by atoms with Crippen molar-refractivity contribution in [2.75, 3.05) is 9.80 Å². The number of nitrogens with zero attached hydrogens (tertiary/aromatic N) is 4. The Morgan fingerprint density at radius 1 is 0.253 bits per heavy atom. The lowest BCUT2D eigenvalue weighted by molar-refractivity contribution is 1.18. The van der Waals surface area contributed by atoms with E-state index < -0.39 is 0 Å². The van der Waals surface area contributed by atoms with Gasteiger partial charge in [-0.25, -0.2) is 0 Å². The second-order valence-corrected chi connectivity index (χ2v) is 21.0. The number of benzene rings is 12. The summed E-state index contributed by atoms with van der Waals surface area (Å²) in [5, 5.41) is 8.32. The van der Waals surface area contributed by atoms with Crippen molar-refractivity contribution in [2.45, 2.75) is 0 Å². The number of hydrogen-bond acceptors (Lipinski definition) is 3. The van der Waals surface area contributed by atoms with Crippen LogP contribution in [0.25, 0.3) is 98.5 Å². The lowest BCUT2D eigenvalue weighted by Crippen LogP contribution is -2.10. The van der Waals surface area contributed by atoms with Crippen molar-refractivity contribution in [3.05, 3.63) is 303 Å². The van der Waals surface area contributed by atoms with Gasteiger partial charge in [0.25, 0.3) is 0 Å². The summed E-state index contributed by atoms with van der Waals surface area (Å²) in [5.41, 5.74) is 20.7. The molecule has 0 fully saturated rings. The zero-order chi connectivity index (χ0) is 52.2. The van der Waals surface area contributed by atoms with Gasteiger partial charge in [-0.05, 0) is 160 Å². The molecule has 12 aromatic carbocycles. The van der Waals surface area contributed by atoms with E-state index in [1.165, 1.54) is 81.5 Å². The molecular weight excluding hydrogens is 977 g/mol. The third-order valence-electron chi connectivity index (χ3n) is 15.6. The predicted octanol–water partition coefficient (Wildman–Crippen LogP) is 21.0. The van der Waals surface area contributed by atoms with Gasteiger partial charge < -0.3 is 18.9 Å². The second-order valence-electron chi connectivity index (χ2n) is 20.1. The third-order valence-corrected chi connectivity index (χ3v) is 16.5. The highest BCUT2D eigenvalue weighted by molar-refractivity contribution is 7.18. The Bertz CT molecular complexity index is 4680. The van der Waals surface area contributed by atoms with Crippen LogP contribution in [-0.2, 0) is 0 Å². The first kappa shape index (κ1) is 46.1. The summed E-state index contributed by atoms with van der Waals surface area (Å²) in [6.07, 6.45) is 0. The van der Waals surface area contributed by atoms with Gasteiger partial charge in [-0.15, -0.1) is 11.3 Å². The highest BCUT2D eigenvalue weighted by atomic mass is 32.1. The quantitative estimate of drug-likeness (QED) is 0.128. The molecule has 0 radical (unpaired) electrons. The molecule has 3 heterocycles. The second kappa shape index (κ2) is 19.4. The minimum absolute atomic E-state index is 1.08. The van der Waals surface area contributed by atoms with E-state index in [2.05, 4.69) is 322 Å². The Balaban J connectivity index is 0.845. The van der Waals surface area contributed by atoms with Crippen LogP contribution >= 0.6 is 11.3 Å². The highest BCUT2D eigenvalue weighted by Gasteiger charge is 2.23. The fourth-order valence-corrected chi connectivity index (χ4v) is 12.8. The summed E-state index contributed by atoms with van der Waals surface area (Å²) in [6, 6.07) is 108. The molecule has 15 rings (SSSR count). The van der Waals surface area contributed by atoms with Crippen LogP contribution < -0.4 is 9.80 Å². The minimum atomic E-state index is 1.08. The molecule has 0 unspecified atom stereocenters. The highest BCUT2D eigenvalue weighted by Crippen LogP contribution is 2.47. The Labute approximate surface area is 462 Å². The van der Waals surface area contributed by atoms with E-state index in [0.717, 1.165) is 51.1 Å². The van der Waals surface area contributed by atoms with E-state index in [0.29, 0.717) is 0 Å². The Morgan fingerprint density at radius 3 is 1.13 bits per heavy atom. The van der Waals surface area contributed by atoms with E-state index in [1.807, 2.05) is 0 Å². The summed E-state index contributed by atoms with van der Waals surface area (Å²) in [5.74, 6) is 0. The van der Waals surface area contributed by atoms with Crippen LogP contribution in [0.4, 0.5) is 34.1 Å². The summed E-state index contributed by atoms with van der Waals surface area (Å²) in [4.78, 5) is 4.84. The maximum absolute atomic E-state index is 2.45. The molecule has 0 atom stereocenters. The first-order valence-corrected chi connectivity index (χ1v) is 27.8. The number of para-hydroxylation sites is 4. The van der Waals surface area contributed by atoms with Gasteiger partial charge in [-0.1, -0.05) is 176 Å². The normalized spacial score (nSPS) is 11.5. The van der Waals surface area contributed by atoms with Crippen molar-refractivity contribution < 1.29 is 0 Å². The van der Waals surface area contributed by atoms with Crippen molar-refractivity contribution in [3.8, 4) is 44.8 Å². The molecule has 0 saturated heterocycles. The number of rotatable bonds is 11. The van der Waals surface area contributed by atoms with E-state index in [-0.39, 0.29) is 0 Å². The molecular formula is C74H50N4S. The van der Waals surface area contributed by atoms with Crippen LogP contribution in [0.15, 0.2) is 303 Å². The lowest BCUT2D eigenvalue weighted by Gasteiger charge is -2.27. The number of aromatic nitrogens is 2. The summed E-state index contributed by atoms with van der Waals surface area (Å²) >= 11 is 1.80. The summed E-state index contributed by atoms with van der Waals surface area (Å²) < 4.78 is 5.99. The van der Waals surface area contributed by atoms with Gasteiger partial charge in [0.15, 0.2) is 0 Å². The van der Waals surface area contributed by atoms with Crippen LogP contribution in [0.3, 0.4) is 0 Å². The molecule has 372 valence electrons. The van der Waals surface area contributed by atoms with Gasteiger partial charge in [0, 0.05) is 66.7 Å². The monoisotopic (exact) mass is 1030 g/mol. The van der Waals surface area contributed by atoms with Crippen molar-refractivity contribution >= 4 is 99.2 Å². The van der Waals surface area contributed by atoms with E-state index in [9.17, 15) is 0 Å². The maximum atomic E-state index is 2.45. The van der Waals surface area contributed by atoms with Gasteiger partial charge in [0.2, 0.25) is 0 Å². The molecule has 15 aromatic rings. The molecule has 5 heteroatoms. The van der Waals surface area contributed by atoms with Gasteiger partial charge in [-0.2, -0.15) is 0 Å². The first-order chi connectivity index (χ1) is 39.2. The third kappa shape index (κ3) is 8.06. The number of anilines is 6. The Morgan fingerprint density at radius 2 is 0.633 bits per heavy atom. The van der Waals surface area contributed by atoms with Crippen LogP contribution in [0.2, 0.25) is 0 Å². The van der Waals surface area contributed by atoms with Crippen molar-refractivity contribution in [1.82, 2.24) is 9.13 Å². The fraction of sp³-hybridized carbons (Fsp3) is 0. The lowest BCUT2D eigenvalue weighted by atomic mass is 9.99. The van der Waals surface area contributed by atoms with Gasteiger partial charge in [0.1, 0.15) is 0 Å². The fourth-order valence-electron chi connectivity index (χ4n) is 11.9. The Kier molecular flexibility index (Phi) is 11.3. The van der Waals surface area contributed by atoms with Gasteiger partial charge in [0.05, 0.1) is 32.5 Å². The average molecular weight is 1030 g/mol. The van der Waals surface area contributed by atoms with E-state index in [4.69, 9.17) is 0 Å². The molecule has 79 heavy (non-hydrogen) atoms. The van der Waals surface area contributed by atoms with Crippen molar-refractivity contribution in [3.63, 3.8) is 0 Å². The molecule has 0 aliphatic carbocycles. The molecule has 3 aromatic heterocycles. The average Bonchev–Trinajstić information content (AvgIpc) is 4.47. The standard InChI is InChI=1S/C74H50N4S/c1-5-17-51(18-6-1)53-29-35-58(36-30-53)75(61-41-44-71-67(49-61)64-25-13-15-27-69(64)77(71)56-21-9-3-10-22-56)59-39-33-55(34-40-59)63-43-46-73(74-66(63)47-48-79-74)76(60-37-31-54(32-38-60)52-19-7-2-8-20-52)62-42-45-72-68(50-62)65-26-14-16-28-70(65)78(72)57-23-11-4-12-24-57/h1-50H. The zero-order valence-corrected chi connectivity index (χ0v) is 43.9. The summed E-state index contributed by atoms with van der Waals surface area (Å²) in [7, 11) is 0. The topological polar surface area (TPSA) is 16.3 Å². The van der Waals surface area contributed by atoms with Crippen LogP contribution in [-0.4, -0.2) is 9.13 Å². The van der Waals surface area contributed by atoms with E-state index >= 15 is 0 Å². The summed E-state index contributed by atoms with van der Waals surface area (Å²) in [6.45, 7) is 0. The minimum Gasteiger partial charge on any atom is -0.310 e. The number of fused-ring (bicyclic) bond motifs is 7. The van der Waals surface area contributed by atoms with Crippen LogP contribution in [0.1, 0.15) is 0 Å². The number of hydrogen-bond donors (Lipinski definition) is 0. The molecule has 0 spiro atoms. The SMILES string of the molecule is c1ccc(-c2ccc(N(c3ccc(-c4ccc(N(c5ccc(-c6ccccc6)cc5)c5ccc6c(c5)c5ccccc5n6-c5ccccc5)c5sccc45)cc3)c3ccc4c(c3)c3ccccc3n4-c3ccccc3)cc2)cc1. The van der Waals surface area contributed by atoms with Crippen molar-refractivity contribution in [2.24, 2.45) is 0 Å². The maximum Gasteiger partial charge on any atom is 0.0640 e.